The van der Waals surface area contributed by atoms with Gasteiger partial charge >= 0.3 is 0 Å². The van der Waals surface area contributed by atoms with Crippen LogP contribution < -0.4 is 5.56 Å². The van der Waals surface area contributed by atoms with Crippen LogP contribution in [0.15, 0.2) is 39.7 Å². The molecule has 0 atom stereocenters. The molecule has 0 spiro atoms. The van der Waals surface area contributed by atoms with Crippen molar-refractivity contribution < 1.29 is 4.79 Å². The summed E-state index contributed by atoms with van der Waals surface area (Å²) in [6.45, 7) is 1.63. The maximum atomic E-state index is 12.2. The fourth-order valence-electron chi connectivity index (χ4n) is 1.81. The number of Topliss-reactive ketones (excluding diaryl/α,β-unsaturated/α-hetero) is 1. The number of aromatic nitrogens is 1. The molecule has 0 N–H and O–H groups in total. The Balaban J connectivity index is 2.35. The largest absolute Gasteiger partial charge is 0.306 e. The molecule has 2 aromatic rings. The summed E-state index contributed by atoms with van der Waals surface area (Å²) in [5.74, 6) is -0.244. The monoisotopic (exact) mass is 373 g/mol. The van der Waals surface area contributed by atoms with Crippen molar-refractivity contribution in [3.63, 3.8) is 0 Å². The molecule has 104 valence electrons. The summed E-state index contributed by atoms with van der Waals surface area (Å²) < 4.78 is 2.09. The summed E-state index contributed by atoms with van der Waals surface area (Å²) >= 11 is 15.1. The highest BCUT2D eigenvalue weighted by atomic mass is 79.9. The van der Waals surface area contributed by atoms with Gasteiger partial charge in [0.15, 0.2) is 5.78 Å². The van der Waals surface area contributed by atoms with Gasteiger partial charge < -0.3 is 4.57 Å². The van der Waals surface area contributed by atoms with Gasteiger partial charge in [0, 0.05) is 26.8 Å². The van der Waals surface area contributed by atoms with Gasteiger partial charge in [-0.25, -0.2) is 0 Å². The van der Waals surface area contributed by atoms with Crippen LogP contribution in [0.5, 0.6) is 0 Å². The van der Waals surface area contributed by atoms with Crippen molar-refractivity contribution in [1.29, 1.82) is 0 Å². The topological polar surface area (TPSA) is 39.1 Å². The molecule has 0 aliphatic heterocycles. The lowest BCUT2D eigenvalue weighted by Crippen LogP contribution is -2.25. The highest BCUT2D eigenvalue weighted by Crippen LogP contribution is 2.21. The molecule has 20 heavy (non-hydrogen) atoms. The van der Waals surface area contributed by atoms with Gasteiger partial charge in [-0.05, 0) is 47.1 Å². The second kappa shape index (κ2) is 6.12. The lowest BCUT2D eigenvalue weighted by Gasteiger charge is -2.08. The van der Waals surface area contributed by atoms with E-state index >= 15 is 0 Å². The molecule has 0 bridgehead atoms. The number of hydrogen-bond acceptors (Lipinski definition) is 2. The summed E-state index contributed by atoms with van der Waals surface area (Å²) in [5, 5.41) is 0.740. The van der Waals surface area contributed by atoms with Gasteiger partial charge in [-0.2, -0.15) is 0 Å². The van der Waals surface area contributed by atoms with E-state index in [1.54, 1.807) is 31.3 Å². The average Bonchev–Trinajstić information content (AvgIpc) is 2.35. The fraction of sp³-hybridized carbons (Fsp3) is 0.143. The number of ketones is 1. The first kappa shape index (κ1) is 15.3. The Kier molecular flexibility index (Phi) is 4.68. The van der Waals surface area contributed by atoms with E-state index in [0.717, 1.165) is 4.47 Å². The molecule has 0 aliphatic rings. The van der Waals surface area contributed by atoms with Crippen LogP contribution >= 0.6 is 39.1 Å². The molecule has 1 heterocycles. The van der Waals surface area contributed by atoms with Crippen LogP contribution in [0.25, 0.3) is 0 Å². The highest BCUT2D eigenvalue weighted by Gasteiger charge is 2.13. The van der Waals surface area contributed by atoms with Crippen molar-refractivity contribution in [2.75, 3.05) is 0 Å². The Morgan fingerprint density at radius 3 is 2.65 bits per heavy atom. The number of pyridine rings is 1. The van der Waals surface area contributed by atoms with Crippen molar-refractivity contribution in [2.24, 2.45) is 0 Å². The number of rotatable bonds is 3. The van der Waals surface area contributed by atoms with E-state index in [1.807, 2.05) is 0 Å². The molecular weight excluding hydrogens is 365 g/mol. The third-order valence-corrected chi connectivity index (χ3v) is 3.76. The first-order valence-electron chi connectivity index (χ1n) is 5.73. The maximum Gasteiger partial charge on any atom is 0.253 e. The summed E-state index contributed by atoms with van der Waals surface area (Å²) in [6.07, 6.45) is 1.58. The lowest BCUT2D eigenvalue weighted by molar-refractivity contribution is 0.0971. The molecule has 0 saturated carbocycles. The maximum absolute atomic E-state index is 12.2. The SMILES string of the molecule is Cc1cc(Br)cn(CC(=O)c2ccc(Cl)cc2Cl)c1=O. The average molecular weight is 375 g/mol. The number of carbonyl (C=O) groups excluding carboxylic acids is 1. The van der Waals surface area contributed by atoms with E-state index in [0.29, 0.717) is 16.1 Å². The summed E-state index contributed by atoms with van der Waals surface area (Å²) in [5.41, 5.74) is 0.710. The van der Waals surface area contributed by atoms with Gasteiger partial charge in [-0.1, -0.05) is 23.2 Å². The van der Waals surface area contributed by atoms with Crippen LogP contribution in [0.2, 0.25) is 10.0 Å². The van der Waals surface area contributed by atoms with Crippen LogP contribution in [0, 0.1) is 6.92 Å². The number of carbonyl (C=O) groups is 1. The standard InChI is InChI=1S/C14H10BrCl2NO2/c1-8-4-9(15)6-18(14(8)20)7-13(19)11-3-2-10(16)5-12(11)17/h2-6H,7H2,1H3. The number of hydrogen-bond donors (Lipinski definition) is 0. The zero-order chi connectivity index (χ0) is 14.9. The molecule has 6 heteroatoms. The number of benzene rings is 1. The molecule has 3 nitrogen and oxygen atoms in total. The predicted molar refractivity (Wildman–Crippen MR) is 83.9 cm³/mol. The van der Waals surface area contributed by atoms with Crippen LogP contribution in [0.1, 0.15) is 15.9 Å². The van der Waals surface area contributed by atoms with Crippen molar-refractivity contribution in [3.05, 3.63) is 66.5 Å². The first-order chi connectivity index (χ1) is 9.38. The Morgan fingerprint density at radius 1 is 1.30 bits per heavy atom. The third-order valence-electron chi connectivity index (χ3n) is 2.78. The molecule has 0 amide bonds. The number of aryl methyl sites for hydroxylation is 1. The molecule has 0 saturated heterocycles. The van der Waals surface area contributed by atoms with Crippen LogP contribution in [0.4, 0.5) is 0 Å². The van der Waals surface area contributed by atoms with E-state index in [4.69, 9.17) is 23.2 Å². The molecule has 0 unspecified atom stereocenters. The quantitative estimate of drug-likeness (QED) is 0.758. The van der Waals surface area contributed by atoms with Gasteiger partial charge in [0.25, 0.3) is 5.56 Å². The number of nitrogens with zero attached hydrogens (tertiary/aromatic N) is 1. The van der Waals surface area contributed by atoms with Gasteiger partial charge in [0.1, 0.15) is 0 Å². The highest BCUT2D eigenvalue weighted by molar-refractivity contribution is 9.10. The van der Waals surface area contributed by atoms with Crippen molar-refractivity contribution in [1.82, 2.24) is 4.57 Å². The van der Waals surface area contributed by atoms with Crippen LogP contribution in [-0.4, -0.2) is 10.4 Å². The predicted octanol–water partition coefficient (Wildman–Crippen LogP) is 4.11. The Bertz CT molecular complexity index is 740. The van der Waals surface area contributed by atoms with Gasteiger partial charge in [0.2, 0.25) is 0 Å². The Morgan fingerprint density at radius 2 is 2.00 bits per heavy atom. The van der Waals surface area contributed by atoms with E-state index in [2.05, 4.69) is 15.9 Å². The Hall–Kier alpha value is -1.10. The molecule has 0 fully saturated rings. The van der Waals surface area contributed by atoms with Crippen molar-refractivity contribution >= 4 is 44.9 Å². The molecule has 0 aliphatic carbocycles. The van der Waals surface area contributed by atoms with Crippen molar-refractivity contribution in [3.8, 4) is 0 Å². The summed E-state index contributed by atoms with van der Waals surface area (Å²) in [4.78, 5) is 24.2. The van der Waals surface area contributed by atoms with E-state index in [-0.39, 0.29) is 22.9 Å². The molecular formula is C14H10BrCl2NO2. The van der Waals surface area contributed by atoms with Gasteiger partial charge in [0.05, 0.1) is 11.6 Å². The first-order valence-corrected chi connectivity index (χ1v) is 7.28. The molecule has 1 aromatic carbocycles. The summed E-state index contributed by atoms with van der Waals surface area (Å²) in [6, 6.07) is 6.36. The minimum Gasteiger partial charge on any atom is -0.306 e. The van der Waals surface area contributed by atoms with E-state index < -0.39 is 0 Å². The second-order valence-corrected chi connectivity index (χ2v) is 6.08. The van der Waals surface area contributed by atoms with Crippen molar-refractivity contribution in [2.45, 2.75) is 13.5 Å². The van der Waals surface area contributed by atoms with Crippen LogP contribution in [0.3, 0.4) is 0 Å². The van der Waals surface area contributed by atoms with Gasteiger partial charge in [-0.3, -0.25) is 9.59 Å². The number of halogens is 3. The van der Waals surface area contributed by atoms with Crippen LogP contribution in [-0.2, 0) is 6.54 Å². The second-order valence-electron chi connectivity index (χ2n) is 4.32. The zero-order valence-electron chi connectivity index (χ0n) is 10.5. The fourth-order valence-corrected chi connectivity index (χ4v) is 2.92. The van der Waals surface area contributed by atoms with Gasteiger partial charge in [-0.15, -0.1) is 0 Å². The summed E-state index contributed by atoms with van der Waals surface area (Å²) in [7, 11) is 0. The van der Waals surface area contributed by atoms with E-state index in [9.17, 15) is 9.59 Å². The smallest absolute Gasteiger partial charge is 0.253 e. The molecule has 1 aromatic heterocycles. The zero-order valence-corrected chi connectivity index (χ0v) is 13.6. The molecule has 2 rings (SSSR count). The lowest BCUT2D eigenvalue weighted by atomic mass is 10.1. The minimum atomic E-state index is -0.244. The third kappa shape index (κ3) is 3.32. The minimum absolute atomic E-state index is 0.0690. The molecule has 0 radical (unpaired) electrons. The Labute approximate surface area is 134 Å². The normalized spacial score (nSPS) is 10.6. The van der Waals surface area contributed by atoms with E-state index in [1.165, 1.54) is 10.6 Å².